The van der Waals surface area contributed by atoms with Gasteiger partial charge < -0.3 is 15.0 Å². The number of carboxylic acid groups (broad SMARTS) is 1. The number of rotatable bonds is 6. The molecule has 10 heteroatoms. The summed E-state index contributed by atoms with van der Waals surface area (Å²) in [6.45, 7) is -0.661. The van der Waals surface area contributed by atoms with Gasteiger partial charge in [0.25, 0.3) is 11.1 Å². The van der Waals surface area contributed by atoms with Gasteiger partial charge in [0.2, 0.25) is 5.91 Å². The largest absolute Gasteiger partial charge is 0.480 e. The summed E-state index contributed by atoms with van der Waals surface area (Å²) < 4.78 is 1.74. The molecule has 0 atom stereocenters. The Labute approximate surface area is 191 Å². The van der Waals surface area contributed by atoms with Crippen LogP contribution in [-0.2, 0) is 20.9 Å². The summed E-state index contributed by atoms with van der Waals surface area (Å²) in [6, 6.07) is 14.1. The Kier molecular flexibility index (Phi) is 6.02. The van der Waals surface area contributed by atoms with Gasteiger partial charge in [0.15, 0.2) is 0 Å². The minimum atomic E-state index is -1.27. The molecule has 1 aromatic heterocycles. The summed E-state index contributed by atoms with van der Waals surface area (Å²) in [5.74, 6) is -2.17. The SMILES string of the molecule is O=C(O)CN1C(=O)S/C(=C/c2cn(CC(=O)Nc3ccc(Cl)cc3)c3ccccc23)C1=O. The summed E-state index contributed by atoms with van der Waals surface area (Å²) in [7, 11) is 0. The van der Waals surface area contributed by atoms with Gasteiger partial charge in [0.05, 0.1) is 4.91 Å². The van der Waals surface area contributed by atoms with Gasteiger partial charge in [-0.2, -0.15) is 0 Å². The lowest BCUT2D eigenvalue weighted by molar-refractivity contribution is -0.140. The van der Waals surface area contributed by atoms with Crippen molar-refractivity contribution >= 4 is 69.1 Å². The van der Waals surface area contributed by atoms with Crippen LogP contribution >= 0.6 is 23.4 Å². The van der Waals surface area contributed by atoms with Crippen LogP contribution in [0.5, 0.6) is 0 Å². The lowest BCUT2D eigenvalue weighted by atomic mass is 10.1. The molecule has 0 aliphatic carbocycles. The van der Waals surface area contributed by atoms with E-state index < -0.39 is 23.7 Å². The van der Waals surface area contributed by atoms with Crippen LogP contribution in [0.25, 0.3) is 17.0 Å². The van der Waals surface area contributed by atoms with Crippen LogP contribution in [0.15, 0.2) is 59.6 Å². The van der Waals surface area contributed by atoms with Crippen LogP contribution in [0.1, 0.15) is 5.56 Å². The number of carbonyl (C=O) groups excluding carboxylic acids is 3. The fourth-order valence-corrected chi connectivity index (χ4v) is 4.28. The highest BCUT2D eigenvalue weighted by molar-refractivity contribution is 8.18. The molecule has 4 rings (SSSR count). The average Bonchev–Trinajstić information content (AvgIpc) is 3.22. The number of nitrogens with zero attached hydrogens (tertiary/aromatic N) is 2. The Morgan fingerprint density at radius 1 is 1.06 bits per heavy atom. The first-order valence-corrected chi connectivity index (χ1v) is 10.6. The predicted octanol–water partition coefficient (Wildman–Crippen LogP) is 4.05. The lowest BCUT2D eigenvalue weighted by Crippen LogP contribution is -2.33. The number of carboxylic acids is 1. The number of thioether (sulfide) groups is 1. The van der Waals surface area contributed by atoms with Gasteiger partial charge in [-0.1, -0.05) is 29.8 Å². The van der Waals surface area contributed by atoms with Crippen LogP contribution in [0.4, 0.5) is 10.5 Å². The molecule has 8 nitrogen and oxygen atoms in total. The van der Waals surface area contributed by atoms with Crippen LogP contribution in [-0.4, -0.2) is 44.1 Å². The molecule has 1 aliphatic rings. The van der Waals surface area contributed by atoms with Crippen molar-refractivity contribution in [2.75, 3.05) is 11.9 Å². The van der Waals surface area contributed by atoms with Crippen molar-refractivity contribution in [2.45, 2.75) is 6.54 Å². The first-order chi connectivity index (χ1) is 15.3. The molecule has 3 amide bonds. The number of fused-ring (bicyclic) bond motifs is 1. The van der Waals surface area contributed by atoms with Crippen molar-refractivity contribution in [1.82, 2.24) is 9.47 Å². The van der Waals surface area contributed by atoms with E-state index >= 15 is 0 Å². The molecule has 1 fully saturated rings. The number of halogens is 1. The van der Waals surface area contributed by atoms with Gasteiger partial charge in [0, 0.05) is 33.4 Å². The number of aliphatic carboxylic acids is 1. The first-order valence-electron chi connectivity index (χ1n) is 9.42. The van der Waals surface area contributed by atoms with Crippen molar-refractivity contribution < 1.29 is 24.3 Å². The Hall–Kier alpha value is -3.56. The van der Waals surface area contributed by atoms with Gasteiger partial charge in [0.1, 0.15) is 13.1 Å². The zero-order valence-corrected chi connectivity index (χ0v) is 18.0. The van der Waals surface area contributed by atoms with Gasteiger partial charge >= 0.3 is 5.97 Å². The highest BCUT2D eigenvalue weighted by Gasteiger charge is 2.36. The van der Waals surface area contributed by atoms with E-state index in [0.717, 1.165) is 10.9 Å². The van der Waals surface area contributed by atoms with Gasteiger partial charge in [-0.3, -0.25) is 24.1 Å². The van der Waals surface area contributed by atoms with Crippen molar-refractivity contribution in [3.05, 3.63) is 70.2 Å². The normalized spacial score (nSPS) is 15.0. The number of benzene rings is 2. The highest BCUT2D eigenvalue weighted by Crippen LogP contribution is 2.34. The maximum absolute atomic E-state index is 12.6. The summed E-state index contributed by atoms with van der Waals surface area (Å²) in [6.07, 6.45) is 3.26. The Balaban J connectivity index is 1.60. The predicted molar refractivity (Wildman–Crippen MR) is 122 cm³/mol. The zero-order chi connectivity index (χ0) is 22.8. The van der Waals surface area contributed by atoms with E-state index in [1.54, 1.807) is 41.1 Å². The topological polar surface area (TPSA) is 109 Å². The third-order valence-corrected chi connectivity index (χ3v) is 5.87. The molecule has 0 spiro atoms. The second kappa shape index (κ2) is 8.89. The second-order valence-electron chi connectivity index (χ2n) is 6.95. The average molecular weight is 470 g/mol. The van der Waals surface area contributed by atoms with E-state index in [2.05, 4.69) is 5.32 Å². The van der Waals surface area contributed by atoms with E-state index in [1.807, 2.05) is 24.3 Å². The molecule has 1 saturated heterocycles. The number of aromatic nitrogens is 1. The number of hydrogen-bond donors (Lipinski definition) is 2. The van der Waals surface area contributed by atoms with Crippen molar-refractivity contribution in [2.24, 2.45) is 0 Å². The summed E-state index contributed by atoms with van der Waals surface area (Å²) in [5, 5.41) is 12.4. The van der Waals surface area contributed by atoms with Crippen LogP contribution in [0.2, 0.25) is 5.02 Å². The lowest BCUT2D eigenvalue weighted by Gasteiger charge is -2.07. The summed E-state index contributed by atoms with van der Waals surface area (Å²) in [4.78, 5) is 48.8. The maximum atomic E-state index is 12.6. The van der Waals surface area contributed by atoms with Crippen LogP contribution in [0.3, 0.4) is 0 Å². The molecule has 2 N–H and O–H groups in total. The van der Waals surface area contributed by atoms with E-state index in [-0.39, 0.29) is 17.4 Å². The van der Waals surface area contributed by atoms with Crippen molar-refractivity contribution in [3.8, 4) is 0 Å². The summed E-state index contributed by atoms with van der Waals surface area (Å²) >= 11 is 6.56. The number of carbonyl (C=O) groups is 4. The molecular weight excluding hydrogens is 454 g/mol. The molecule has 0 saturated carbocycles. The Morgan fingerprint density at radius 3 is 2.50 bits per heavy atom. The number of nitrogens with one attached hydrogen (secondary N) is 1. The molecule has 0 radical (unpaired) electrons. The van der Waals surface area contributed by atoms with E-state index in [0.29, 0.717) is 32.9 Å². The number of imide groups is 1. The van der Waals surface area contributed by atoms with Crippen molar-refractivity contribution in [1.29, 1.82) is 0 Å². The monoisotopic (exact) mass is 469 g/mol. The molecule has 0 bridgehead atoms. The Bertz CT molecular complexity index is 1280. The molecule has 162 valence electrons. The number of anilines is 1. The van der Waals surface area contributed by atoms with E-state index in [4.69, 9.17) is 16.7 Å². The first kappa shape index (κ1) is 21.7. The minimum Gasteiger partial charge on any atom is -0.480 e. The summed E-state index contributed by atoms with van der Waals surface area (Å²) in [5.41, 5.74) is 2.03. The fraction of sp³-hybridized carbons (Fsp3) is 0.0909. The van der Waals surface area contributed by atoms with Gasteiger partial charge in [-0.15, -0.1) is 0 Å². The standard InChI is InChI=1S/C22H16ClN3O5S/c23-14-5-7-15(8-6-14)24-19(27)11-25-10-13(16-3-1-2-4-17(16)25)9-18-21(30)26(12-20(28)29)22(31)32-18/h1-10H,11-12H2,(H,24,27)(H,28,29)/b18-9+. The van der Waals surface area contributed by atoms with Crippen molar-refractivity contribution in [3.63, 3.8) is 0 Å². The third kappa shape index (κ3) is 4.53. The quantitative estimate of drug-likeness (QED) is 0.527. The second-order valence-corrected chi connectivity index (χ2v) is 8.38. The Morgan fingerprint density at radius 2 is 1.78 bits per heavy atom. The zero-order valence-electron chi connectivity index (χ0n) is 16.4. The number of amides is 3. The molecule has 1 aliphatic heterocycles. The number of hydrogen-bond acceptors (Lipinski definition) is 5. The van der Waals surface area contributed by atoms with Gasteiger partial charge in [-0.25, -0.2) is 0 Å². The molecule has 0 unspecified atom stereocenters. The van der Waals surface area contributed by atoms with Gasteiger partial charge in [-0.05, 0) is 48.2 Å². The van der Waals surface area contributed by atoms with Crippen LogP contribution in [0, 0.1) is 0 Å². The molecule has 32 heavy (non-hydrogen) atoms. The maximum Gasteiger partial charge on any atom is 0.323 e. The molecule has 2 aromatic carbocycles. The smallest absolute Gasteiger partial charge is 0.323 e. The molecule has 3 aromatic rings. The minimum absolute atomic E-state index is 0.0253. The van der Waals surface area contributed by atoms with E-state index in [9.17, 15) is 19.2 Å². The highest BCUT2D eigenvalue weighted by atomic mass is 35.5. The van der Waals surface area contributed by atoms with Crippen LogP contribution < -0.4 is 5.32 Å². The molecule has 2 heterocycles. The number of para-hydroxylation sites is 1. The third-order valence-electron chi connectivity index (χ3n) is 4.71. The molecular formula is C22H16ClN3O5S. The van der Waals surface area contributed by atoms with E-state index in [1.165, 1.54) is 0 Å². The fourth-order valence-electron chi connectivity index (χ4n) is 3.32.